The van der Waals surface area contributed by atoms with E-state index in [1.165, 1.54) is 33.0 Å². The van der Waals surface area contributed by atoms with Crippen molar-refractivity contribution >= 4 is 5.97 Å². The predicted octanol–water partition coefficient (Wildman–Crippen LogP) is 0.0518. The van der Waals surface area contributed by atoms with E-state index in [0.717, 1.165) is 25.2 Å². The van der Waals surface area contributed by atoms with E-state index < -0.39 is 5.97 Å². The van der Waals surface area contributed by atoms with E-state index in [1.807, 2.05) is 0 Å². The zero-order valence-corrected chi connectivity index (χ0v) is 12.0. The monoisotopic (exact) mass is 281 g/mol. The van der Waals surface area contributed by atoms with Gasteiger partial charge in [-0.1, -0.05) is 5.21 Å². The molecule has 1 aromatic rings. The molecule has 0 atom stereocenters. The van der Waals surface area contributed by atoms with Crippen LogP contribution < -0.4 is 5.73 Å². The number of hydrogen-bond acceptors (Lipinski definition) is 6. The molecule has 7 nitrogen and oxygen atoms in total. The highest BCUT2D eigenvalue weighted by molar-refractivity contribution is 5.88. The van der Waals surface area contributed by atoms with Crippen LogP contribution in [0.25, 0.3) is 0 Å². The smallest absolute Gasteiger partial charge is 0.360 e. The number of methoxy groups -OCH3 is 1. The van der Waals surface area contributed by atoms with Crippen molar-refractivity contribution in [3.63, 3.8) is 0 Å². The van der Waals surface area contributed by atoms with Crippen LogP contribution in [0, 0.1) is 0 Å². The van der Waals surface area contributed by atoms with Gasteiger partial charge in [-0.2, -0.15) is 0 Å². The molecular formula is C13H23N5O2. The van der Waals surface area contributed by atoms with Gasteiger partial charge < -0.3 is 15.4 Å². The van der Waals surface area contributed by atoms with Crippen molar-refractivity contribution in [3.05, 3.63) is 11.4 Å². The Kier molecular flexibility index (Phi) is 5.49. The van der Waals surface area contributed by atoms with Crippen molar-refractivity contribution in [2.45, 2.75) is 32.2 Å². The number of nitrogens with two attached hydrogens (primary N) is 1. The van der Waals surface area contributed by atoms with Crippen molar-refractivity contribution in [1.29, 1.82) is 0 Å². The number of likely N-dealkylation sites (tertiary alicyclic amines) is 1. The lowest BCUT2D eigenvalue weighted by molar-refractivity contribution is 0.0592. The van der Waals surface area contributed by atoms with Crippen LogP contribution >= 0.6 is 0 Å². The van der Waals surface area contributed by atoms with Crippen LogP contribution in [-0.4, -0.2) is 59.2 Å². The molecule has 0 saturated carbocycles. The SMILES string of the molecule is COC(=O)c1nnn(CCCN2CCCC2)c1CCN. The van der Waals surface area contributed by atoms with Crippen molar-refractivity contribution in [2.24, 2.45) is 5.73 Å². The van der Waals surface area contributed by atoms with E-state index in [9.17, 15) is 4.79 Å². The molecule has 2 N–H and O–H groups in total. The van der Waals surface area contributed by atoms with Gasteiger partial charge in [-0.05, 0) is 45.4 Å². The van der Waals surface area contributed by atoms with Crippen LogP contribution in [0.15, 0.2) is 0 Å². The molecule has 112 valence electrons. The maximum Gasteiger partial charge on any atom is 0.360 e. The van der Waals surface area contributed by atoms with Crippen LogP contribution in [-0.2, 0) is 17.7 Å². The molecule has 1 aromatic heterocycles. The standard InChI is InChI=1S/C13H23N5O2/c1-20-13(19)12-11(5-6-14)18(16-15-12)10-4-9-17-7-2-3-8-17/h2-10,14H2,1H3. The second kappa shape index (κ2) is 7.35. The quantitative estimate of drug-likeness (QED) is 0.711. The summed E-state index contributed by atoms with van der Waals surface area (Å²) in [6, 6.07) is 0. The van der Waals surface area contributed by atoms with Crippen LogP contribution in [0.4, 0.5) is 0 Å². The first kappa shape index (κ1) is 14.9. The van der Waals surface area contributed by atoms with Gasteiger partial charge in [0.15, 0.2) is 5.69 Å². The van der Waals surface area contributed by atoms with Crippen LogP contribution in [0.2, 0.25) is 0 Å². The number of hydrogen-bond donors (Lipinski definition) is 1. The fourth-order valence-electron chi connectivity index (χ4n) is 2.60. The summed E-state index contributed by atoms with van der Waals surface area (Å²) < 4.78 is 6.51. The summed E-state index contributed by atoms with van der Waals surface area (Å²) in [5, 5.41) is 7.98. The summed E-state index contributed by atoms with van der Waals surface area (Å²) in [5.41, 5.74) is 6.67. The minimum Gasteiger partial charge on any atom is -0.464 e. The minimum atomic E-state index is -0.445. The van der Waals surface area contributed by atoms with E-state index in [4.69, 9.17) is 10.5 Å². The fourth-order valence-corrected chi connectivity index (χ4v) is 2.60. The van der Waals surface area contributed by atoms with Crippen molar-refractivity contribution in [2.75, 3.05) is 33.3 Å². The van der Waals surface area contributed by atoms with Crippen molar-refractivity contribution in [3.8, 4) is 0 Å². The molecule has 7 heteroatoms. The average molecular weight is 281 g/mol. The Labute approximate surface area is 119 Å². The van der Waals surface area contributed by atoms with E-state index in [2.05, 4.69) is 15.2 Å². The topological polar surface area (TPSA) is 86.3 Å². The fraction of sp³-hybridized carbons (Fsp3) is 0.769. The summed E-state index contributed by atoms with van der Waals surface area (Å²) >= 11 is 0. The first-order valence-corrected chi connectivity index (χ1v) is 7.19. The van der Waals surface area contributed by atoms with Gasteiger partial charge in [-0.25, -0.2) is 9.48 Å². The lowest BCUT2D eigenvalue weighted by atomic mass is 10.2. The average Bonchev–Trinajstić information content (AvgIpc) is 3.09. The van der Waals surface area contributed by atoms with E-state index >= 15 is 0 Å². The van der Waals surface area contributed by atoms with Gasteiger partial charge >= 0.3 is 5.97 Å². The van der Waals surface area contributed by atoms with Crippen LogP contribution in [0.3, 0.4) is 0 Å². The second-order valence-corrected chi connectivity index (χ2v) is 5.04. The summed E-state index contributed by atoms with van der Waals surface area (Å²) in [4.78, 5) is 14.1. The summed E-state index contributed by atoms with van der Waals surface area (Å²) in [6.07, 6.45) is 4.19. The third-order valence-corrected chi connectivity index (χ3v) is 3.64. The summed E-state index contributed by atoms with van der Waals surface area (Å²) in [5.74, 6) is -0.445. The second-order valence-electron chi connectivity index (χ2n) is 5.04. The Bertz CT molecular complexity index is 440. The number of aryl methyl sites for hydroxylation is 1. The zero-order chi connectivity index (χ0) is 14.4. The molecule has 1 fully saturated rings. The van der Waals surface area contributed by atoms with Crippen LogP contribution in [0.1, 0.15) is 35.4 Å². The Morgan fingerprint density at radius 2 is 2.10 bits per heavy atom. The molecule has 1 saturated heterocycles. The number of carbonyl (C=O) groups is 1. The van der Waals surface area contributed by atoms with E-state index in [1.54, 1.807) is 4.68 Å². The van der Waals surface area contributed by atoms with Gasteiger partial charge in [-0.15, -0.1) is 5.10 Å². The Morgan fingerprint density at radius 3 is 2.75 bits per heavy atom. The van der Waals surface area contributed by atoms with Gasteiger partial charge in [0.1, 0.15) is 0 Å². The molecule has 0 spiro atoms. The first-order valence-electron chi connectivity index (χ1n) is 7.19. The Morgan fingerprint density at radius 1 is 1.35 bits per heavy atom. The van der Waals surface area contributed by atoms with Crippen LogP contribution in [0.5, 0.6) is 0 Å². The first-order chi connectivity index (χ1) is 9.76. The number of rotatable bonds is 7. The third-order valence-electron chi connectivity index (χ3n) is 3.64. The molecule has 1 aliphatic rings. The normalized spacial score (nSPS) is 15.7. The molecule has 0 aromatic carbocycles. The third kappa shape index (κ3) is 3.55. The van der Waals surface area contributed by atoms with Gasteiger partial charge in [0.2, 0.25) is 0 Å². The number of nitrogens with zero attached hydrogens (tertiary/aromatic N) is 4. The minimum absolute atomic E-state index is 0.291. The molecule has 2 heterocycles. The molecule has 1 aliphatic heterocycles. The molecule has 0 unspecified atom stereocenters. The Balaban J connectivity index is 1.95. The summed E-state index contributed by atoms with van der Waals surface area (Å²) in [6.45, 7) is 4.68. The molecular weight excluding hydrogens is 258 g/mol. The molecule has 20 heavy (non-hydrogen) atoms. The lowest BCUT2D eigenvalue weighted by Gasteiger charge is -2.14. The predicted molar refractivity (Wildman–Crippen MR) is 74.4 cm³/mol. The number of ether oxygens (including phenoxy) is 1. The maximum absolute atomic E-state index is 11.6. The lowest BCUT2D eigenvalue weighted by Crippen LogP contribution is -2.22. The maximum atomic E-state index is 11.6. The van der Waals surface area contributed by atoms with Crippen molar-refractivity contribution < 1.29 is 9.53 Å². The van der Waals surface area contributed by atoms with E-state index in [0.29, 0.717) is 18.7 Å². The Hall–Kier alpha value is -1.47. The molecule has 2 rings (SSSR count). The van der Waals surface area contributed by atoms with E-state index in [-0.39, 0.29) is 0 Å². The van der Waals surface area contributed by atoms with Gasteiger partial charge in [0.25, 0.3) is 0 Å². The number of carbonyl (C=O) groups excluding carboxylic acids is 1. The summed E-state index contributed by atoms with van der Waals surface area (Å²) in [7, 11) is 1.35. The number of aromatic nitrogens is 3. The van der Waals surface area contributed by atoms with Gasteiger partial charge in [-0.3, -0.25) is 0 Å². The van der Waals surface area contributed by atoms with Gasteiger partial charge in [0, 0.05) is 13.0 Å². The number of esters is 1. The zero-order valence-electron chi connectivity index (χ0n) is 12.0. The molecule has 0 radical (unpaired) electrons. The van der Waals surface area contributed by atoms with Crippen molar-refractivity contribution in [1.82, 2.24) is 19.9 Å². The highest BCUT2D eigenvalue weighted by Gasteiger charge is 2.19. The molecule has 0 amide bonds. The van der Waals surface area contributed by atoms with Gasteiger partial charge in [0.05, 0.1) is 12.8 Å². The molecule has 0 bridgehead atoms. The molecule has 0 aliphatic carbocycles. The highest BCUT2D eigenvalue weighted by Crippen LogP contribution is 2.11. The largest absolute Gasteiger partial charge is 0.464 e. The highest BCUT2D eigenvalue weighted by atomic mass is 16.5.